The number of anilines is 3. The molecule has 0 saturated carbocycles. The maximum atomic E-state index is 6.65. The maximum absolute atomic E-state index is 6.65. The van der Waals surface area contributed by atoms with E-state index in [1.54, 1.807) is 0 Å². The minimum absolute atomic E-state index is 0.570. The number of benzene rings is 11. The summed E-state index contributed by atoms with van der Waals surface area (Å²) in [7, 11) is 0. The molecule has 0 fully saturated rings. The standard InChI is InChI=1S/C65H42N2O/c1-3-20-45(21-4-1)65(46-22-5-2-6-23-46)56-29-13-9-26-50(56)51-39-37-47(42-57(51)65)66(61-33-17-18-34-62(61)67-59-31-15-11-27-52(59)53-28-12-16-32-60(53)67)58-30-14-10-24-48(58)44-36-40-63-55(41-44)54-38-35-43-19-7-8-25-49(43)64(54)68-63/h1-42H. The number of fused-ring (bicyclic) bond motifs is 11. The first-order valence-electron chi connectivity index (χ1n) is 23.4. The number of aromatic nitrogens is 1. The molecule has 0 unspecified atom stereocenters. The van der Waals surface area contributed by atoms with Gasteiger partial charge in [0.05, 0.1) is 33.5 Å². The molecule has 318 valence electrons. The predicted octanol–water partition coefficient (Wildman–Crippen LogP) is 17.3. The van der Waals surface area contributed by atoms with Gasteiger partial charge in [-0.15, -0.1) is 0 Å². The van der Waals surface area contributed by atoms with Crippen LogP contribution < -0.4 is 4.90 Å². The van der Waals surface area contributed by atoms with Crippen LogP contribution in [0.5, 0.6) is 0 Å². The minimum atomic E-state index is -0.570. The van der Waals surface area contributed by atoms with Crippen LogP contribution in [0.4, 0.5) is 17.1 Å². The minimum Gasteiger partial charge on any atom is -0.455 e. The van der Waals surface area contributed by atoms with Gasteiger partial charge in [0.25, 0.3) is 0 Å². The Morgan fingerprint density at radius 1 is 0.368 bits per heavy atom. The van der Waals surface area contributed by atoms with E-state index >= 15 is 0 Å². The van der Waals surface area contributed by atoms with Crippen LogP contribution in [0.2, 0.25) is 0 Å². The van der Waals surface area contributed by atoms with Crippen molar-refractivity contribution in [3.8, 4) is 27.9 Å². The van der Waals surface area contributed by atoms with Gasteiger partial charge in [-0.1, -0.05) is 194 Å². The maximum Gasteiger partial charge on any atom is 0.143 e. The summed E-state index contributed by atoms with van der Waals surface area (Å²) in [5, 5.41) is 6.96. The second kappa shape index (κ2) is 15.1. The van der Waals surface area contributed by atoms with Crippen molar-refractivity contribution in [1.82, 2.24) is 4.57 Å². The molecule has 11 aromatic carbocycles. The Kier molecular flexibility index (Phi) is 8.50. The van der Waals surface area contributed by atoms with E-state index in [2.05, 4.69) is 264 Å². The third-order valence-corrected chi connectivity index (χ3v) is 14.5. The molecule has 0 bridgehead atoms. The Labute approximate surface area is 394 Å². The van der Waals surface area contributed by atoms with Gasteiger partial charge in [0, 0.05) is 38.2 Å². The van der Waals surface area contributed by atoms with Crippen LogP contribution in [0, 0.1) is 0 Å². The number of rotatable bonds is 7. The number of furan rings is 1. The topological polar surface area (TPSA) is 21.3 Å². The molecular weight excluding hydrogens is 825 g/mol. The highest BCUT2D eigenvalue weighted by atomic mass is 16.3. The zero-order valence-electron chi connectivity index (χ0n) is 37.1. The average molecular weight is 867 g/mol. The number of para-hydroxylation sites is 5. The van der Waals surface area contributed by atoms with Crippen molar-refractivity contribution in [2.75, 3.05) is 4.90 Å². The van der Waals surface area contributed by atoms with Gasteiger partial charge in [0.15, 0.2) is 0 Å². The third-order valence-electron chi connectivity index (χ3n) is 14.5. The normalized spacial score (nSPS) is 12.8. The van der Waals surface area contributed by atoms with Gasteiger partial charge >= 0.3 is 0 Å². The molecule has 0 amide bonds. The van der Waals surface area contributed by atoms with Crippen molar-refractivity contribution >= 4 is 71.6 Å². The van der Waals surface area contributed by atoms with E-state index in [0.29, 0.717) is 0 Å². The second-order valence-electron chi connectivity index (χ2n) is 17.9. The molecule has 1 aliphatic carbocycles. The van der Waals surface area contributed by atoms with Gasteiger partial charge in [-0.25, -0.2) is 0 Å². The third kappa shape index (κ3) is 5.54. The molecule has 3 nitrogen and oxygen atoms in total. The van der Waals surface area contributed by atoms with Crippen LogP contribution in [0.1, 0.15) is 22.3 Å². The Balaban J connectivity index is 1.06. The molecule has 0 atom stereocenters. The molecule has 0 saturated heterocycles. The van der Waals surface area contributed by atoms with Crippen LogP contribution in [-0.4, -0.2) is 4.57 Å². The number of nitrogens with zero attached hydrogens (tertiary/aromatic N) is 2. The molecule has 0 aliphatic heterocycles. The summed E-state index contributed by atoms with van der Waals surface area (Å²) in [5.74, 6) is 0. The summed E-state index contributed by atoms with van der Waals surface area (Å²) in [6.07, 6.45) is 0. The smallest absolute Gasteiger partial charge is 0.143 e. The summed E-state index contributed by atoms with van der Waals surface area (Å²) in [6, 6.07) is 93.3. The molecular formula is C65H42N2O. The van der Waals surface area contributed by atoms with Gasteiger partial charge in [-0.05, 0) is 105 Å². The lowest BCUT2D eigenvalue weighted by Crippen LogP contribution is -2.28. The Bertz CT molecular complexity index is 4010. The molecule has 14 rings (SSSR count). The highest BCUT2D eigenvalue weighted by molar-refractivity contribution is 6.16. The molecule has 0 radical (unpaired) electrons. The highest BCUT2D eigenvalue weighted by Gasteiger charge is 2.46. The van der Waals surface area contributed by atoms with Crippen LogP contribution >= 0.6 is 0 Å². The second-order valence-corrected chi connectivity index (χ2v) is 17.9. The van der Waals surface area contributed by atoms with E-state index in [-0.39, 0.29) is 0 Å². The fraction of sp³-hybridized carbons (Fsp3) is 0.0154. The van der Waals surface area contributed by atoms with Crippen molar-refractivity contribution < 1.29 is 4.42 Å². The summed E-state index contributed by atoms with van der Waals surface area (Å²) in [6.45, 7) is 0. The van der Waals surface area contributed by atoms with E-state index in [4.69, 9.17) is 4.42 Å². The molecule has 13 aromatic rings. The van der Waals surface area contributed by atoms with Crippen molar-refractivity contribution in [2.24, 2.45) is 0 Å². The fourth-order valence-electron chi connectivity index (χ4n) is 11.6. The summed E-state index contributed by atoms with van der Waals surface area (Å²) in [4.78, 5) is 2.50. The molecule has 1 aliphatic rings. The molecule has 2 heterocycles. The lowest BCUT2D eigenvalue weighted by molar-refractivity contribution is 0.672. The van der Waals surface area contributed by atoms with E-state index < -0.39 is 5.41 Å². The SMILES string of the molecule is c1ccc(C2(c3ccccc3)c3ccccc3-c3ccc(N(c4ccccc4-c4ccc5oc6c7ccccc7ccc6c5c4)c4ccccc4-n4c5ccccc5c5ccccc54)cc32)cc1. The monoisotopic (exact) mass is 866 g/mol. The zero-order valence-corrected chi connectivity index (χ0v) is 37.1. The molecule has 0 spiro atoms. The van der Waals surface area contributed by atoms with Crippen LogP contribution in [-0.2, 0) is 5.41 Å². The van der Waals surface area contributed by atoms with Gasteiger partial charge in [-0.3, -0.25) is 0 Å². The van der Waals surface area contributed by atoms with Crippen molar-refractivity contribution in [1.29, 1.82) is 0 Å². The highest BCUT2D eigenvalue weighted by Crippen LogP contribution is 2.58. The first-order chi connectivity index (χ1) is 33.8. The van der Waals surface area contributed by atoms with Gasteiger partial charge < -0.3 is 13.9 Å². The van der Waals surface area contributed by atoms with E-state index in [1.807, 2.05) is 0 Å². The molecule has 0 N–H and O–H groups in total. The first-order valence-corrected chi connectivity index (χ1v) is 23.4. The summed E-state index contributed by atoms with van der Waals surface area (Å²) < 4.78 is 9.10. The van der Waals surface area contributed by atoms with Crippen LogP contribution in [0.3, 0.4) is 0 Å². The molecule has 2 aromatic heterocycles. The first kappa shape index (κ1) is 38.4. The van der Waals surface area contributed by atoms with Gasteiger partial charge in [0.2, 0.25) is 0 Å². The fourth-order valence-corrected chi connectivity index (χ4v) is 11.6. The van der Waals surface area contributed by atoms with Crippen molar-refractivity contribution in [3.63, 3.8) is 0 Å². The zero-order chi connectivity index (χ0) is 44.8. The molecule has 3 heteroatoms. The summed E-state index contributed by atoms with van der Waals surface area (Å²) in [5.41, 5.74) is 17.6. The lowest BCUT2D eigenvalue weighted by Gasteiger charge is -2.35. The van der Waals surface area contributed by atoms with Gasteiger partial charge in [0.1, 0.15) is 11.2 Å². The van der Waals surface area contributed by atoms with E-state index in [0.717, 1.165) is 72.2 Å². The van der Waals surface area contributed by atoms with Crippen LogP contribution in [0.25, 0.3) is 82.5 Å². The number of hydrogen-bond donors (Lipinski definition) is 0. The largest absolute Gasteiger partial charge is 0.455 e. The summed E-state index contributed by atoms with van der Waals surface area (Å²) >= 11 is 0. The predicted molar refractivity (Wildman–Crippen MR) is 283 cm³/mol. The van der Waals surface area contributed by atoms with Crippen molar-refractivity contribution in [3.05, 3.63) is 277 Å². The van der Waals surface area contributed by atoms with Crippen molar-refractivity contribution in [2.45, 2.75) is 5.41 Å². The quantitative estimate of drug-likeness (QED) is 0.159. The Morgan fingerprint density at radius 2 is 0.956 bits per heavy atom. The lowest BCUT2D eigenvalue weighted by atomic mass is 9.67. The average Bonchev–Trinajstić information content (AvgIpc) is 4.06. The Morgan fingerprint density at radius 3 is 1.71 bits per heavy atom. The van der Waals surface area contributed by atoms with Crippen LogP contribution in [0.15, 0.2) is 259 Å². The van der Waals surface area contributed by atoms with Gasteiger partial charge in [-0.2, -0.15) is 0 Å². The molecule has 68 heavy (non-hydrogen) atoms. The number of hydrogen-bond acceptors (Lipinski definition) is 2. The Hall–Kier alpha value is -8.92. The van der Waals surface area contributed by atoms with E-state index in [1.165, 1.54) is 49.5 Å². The van der Waals surface area contributed by atoms with E-state index in [9.17, 15) is 0 Å².